The summed E-state index contributed by atoms with van der Waals surface area (Å²) >= 11 is 3.32. The van der Waals surface area contributed by atoms with Crippen LogP contribution >= 0.6 is 15.9 Å². The maximum atomic E-state index is 12.1. The number of carbonyl (C=O) groups excluding carboxylic acids is 1. The van der Waals surface area contributed by atoms with Crippen LogP contribution in [-0.4, -0.2) is 21.1 Å². The van der Waals surface area contributed by atoms with Gasteiger partial charge in [0.25, 0.3) is 5.91 Å². The van der Waals surface area contributed by atoms with E-state index in [1.165, 1.54) is 38.5 Å². The lowest BCUT2D eigenvalue weighted by atomic mass is 9.97. The quantitative estimate of drug-likeness (QED) is 0.726. The van der Waals surface area contributed by atoms with E-state index in [1.807, 2.05) is 6.07 Å². The van der Waals surface area contributed by atoms with Gasteiger partial charge in [0.15, 0.2) is 5.82 Å². The molecule has 0 aromatic carbocycles. The minimum atomic E-state index is -0.181. The molecule has 0 aliphatic heterocycles. The van der Waals surface area contributed by atoms with Gasteiger partial charge in [-0.15, -0.1) is 0 Å². The van der Waals surface area contributed by atoms with Gasteiger partial charge < -0.3 is 10.3 Å². The maximum Gasteiger partial charge on any atom is 0.273 e. The van der Waals surface area contributed by atoms with Crippen molar-refractivity contribution in [2.75, 3.05) is 5.32 Å². The highest BCUT2D eigenvalue weighted by atomic mass is 79.9. The van der Waals surface area contributed by atoms with Gasteiger partial charge in [0, 0.05) is 28.3 Å². The fraction of sp³-hybridized carbons (Fsp3) is 0.467. The van der Waals surface area contributed by atoms with Gasteiger partial charge in [-0.05, 0) is 34.8 Å². The molecule has 0 unspecified atom stereocenters. The Kier molecular flexibility index (Phi) is 4.43. The molecule has 6 heteroatoms. The summed E-state index contributed by atoms with van der Waals surface area (Å²) in [5, 5.41) is 10.1. The topological polar surface area (TPSA) is 73.6 Å². The first-order valence-electron chi connectivity index (χ1n) is 7.43. The molecule has 1 saturated carbocycles. The standard InChI is InChI=1S/C15H19BrN4O/c16-11-7-13(17-9-11)15(21)18-14-8-12(19-20-14)10-5-3-1-2-4-6-10/h7-10,17H,1-6H2,(H2,18,19,20,21). The summed E-state index contributed by atoms with van der Waals surface area (Å²) in [5.41, 5.74) is 1.65. The molecule has 1 aliphatic rings. The summed E-state index contributed by atoms with van der Waals surface area (Å²) in [5.74, 6) is 0.954. The van der Waals surface area contributed by atoms with Gasteiger partial charge in [0.05, 0.1) is 0 Å². The molecule has 5 nitrogen and oxygen atoms in total. The molecule has 1 aliphatic carbocycles. The zero-order chi connectivity index (χ0) is 14.7. The first-order chi connectivity index (χ1) is 10.2. The lowest BCUT2D eigenvalue weighted by Crippen LogP contribution is -2.12. The van der Waals surface area contributed by atoms with E-state index in [0.29, 0.717) is 17.4 Å². The number of H-pyrrole nitrogens is 2. The highest BCUT2D eigenvalue weighted by Crippen LogP contribution is 2.31. The Hall–Kier alpha value is -1.56. The van der Waals surface area contributed by atoms with Crippen LogP contribution in [0.4, 0.5) is 5.82 Å². The van der Waals surface area contributed by atoms with Crippen LogP contribution in [0.2, 0.25) is 0 Å². The summed E-state index contributed by atoms with van der Waals surface area (Å²) in [4.78, 5) is 15.0. The minimum absolute atomic E-state index is 0.181. The molecular formula is C15H19BrN4O. The van der Waals surface area contributed by atoms with Crippen LogP contribution in [0.15, 0.2) is 22.8 Å². The second-order valence-corrected chi connectivity index (χ2v) is 6.50. The number of aromatic nitrogens is 3. The van der Waals surface area contributed by atoms with Crippen molar-refractivity contribution < 1.29 is 4.79 Å². The van der Waals surface area contributed by atoms with E-state index in [9.17, 15) is 4.79 Å². The van der Waals surface area contributed by atoms with Crippen molar-refractivity contribution in [2.24, 2.45) is 0 Å². The van der Waals surface area contributed by atoms with Crippen LogP contribution < -0.4 is 5.32 Å². The lowest BCUT2D eigenvalue weighted by molar-refractivity contribution is 0.102. The summed E-state index contributed by atoms with van der Waals surface area (Å²) in [6.45, 7) is 0. The van der Waals surface area contributed by atoms with Crippen molar-refractivity contribution in [3.05, 3.63) is 34.2 Å². The predicted molar refractivity (Wildman–Crippen MR) is 85.5 cm³/mol. The average molecular weight is 351 g/mol. The predicted octanol–water partition coefficient (Wildman–Crippen LogP) is 4.19. The molecular weight excluding hydrogens is 332 g/mol. The second kappa shape index (κ2) is 6.47. The van der Waals surface area contributed by atoms with E-state index in [-0.39, 0.29) is 5.91 Å². The SMILES string of the molecule is O=C(Nc1cc(C2CCCCCC2)[nH]n1)c1cc(Br)c[nH]1. The Morgan fingerprint density at radius 2 is 2.00 bits per heavy atom. The first kappa shape index (κ1) is 14.4. The summed E-state index contributed by atoms with van der Waals surface area (Å²) in [6.07, 6.45) is 9.37. The van der Waals surface area contributed by atoms with Crippen LogP contribution in [0, 0.1) is 0 Å². The van der Waals surface area contributed by atoms with Crippen molar-refractivity contribution in [1.82, 2.24) is 15.2 Å². The Balaban J connectivity index is 1.65. The van der Waals surface area contributed by atoms with Crippen LogP contribution in [0.25, 0.3) is 0 Å². The molecule has 3 rings (SSSR count). The van der Waals surface area contributed by atoms with Crippen molar-refractivity contribution in [3.8, 4) is 0 Å². The van der Waals surface area contributed by atoms with E-state index in [2.05, 4.69) is 36.4 Å². The number of anilines is 1. The monoisotopic (exact) mass is 350 g/mol. The molecule has 21 heavy (non-hydrogen) atoms. The van der Waals surface area contributed by atoms with Crippen LogP contribution in [0.1, 0.15) is 60.6 Å². The third-order valence-corrected chi connectivity index (χ3v) is 4.48. The van der Waals surface area contributed by atoms with E-state index in [4.69, 9.17) is 0 Å². The molecule has 0 saturated heterocycles. The van der Waals surface area contributed by atoms with Crippen LogP contribution in [0.5, 0.6) is 0 Å². The maximum absolute atomic E-state index is 12.1. The fourth-order valence-electron chi connectivity index (χ4n) is 2.88. The lowest BCUT2D eigenvalue weighted by Gasteiger charge is -2.10. The molecule has 2 aromatic heterocycles. The van der Waals surface area contributed by atoms with E-state index in [0.717, 1.165) is 10.2 Å². The van der Waals surface area contributed by atoms with Crippen molar-refractivity contribution in [2.45, 2.75) is 44.4 Å². The molecule has 0 bridgehead atoms. The normalized spacial score (nSPS) is 16.6. The van der Waals surface area contributed by atoms with Gasteiger partial charge in [-0.2, -0.15) is 5.10 Å². The van der Waals surface area contributed by atoms with Gasteiger partial charge >= 0.3 is 0 Å². The Morgan fingerprint density at radius 3 is 2.67 bits per heavy atom. The Morgan fingerprint density at radius 1 is 1.24 bits per heavy atom. The highest BCUT2D eigenvalue weighted by molar-refractivity contribution is 9.10. The third kappa shape index (κ3) is 3.56. The van der Waals surface area contributed by atoms with E-state index >= 15 is 0 Å². The number of nitrogens with one attached hydrogen (secondary N) is 3. The third-order valence-electron chi connectivity index (χ3n) is 4.03. The number of rotatable bonds is 3. The van der Waals surface area contributed by atoms with Crippen molar-refractivity contribution in [3.63, 3.8) is 0 Å². The molecule has 1 fully saturated rings. The summed E-state index contributed by atoms with van der Waals surface area (Å²) < 4.78 is 0.855. The molecule has 0 spiro atoms. The number of halogens is 1. The Labute approximate surface area is 132 Å². The average Bonchev–Trinajstić information content (AvgIpc) is 3.01. The van der Waals surface area contributed by atoms with Crippen molar-refractivity contribution >= 4 is 27.7 Å². The summed E-state index contributed by atoms with van der Waals surface area (Å²) in [6, 6.07) is 3.71. The number of hydrogen-bond acceptors (Lipinski definition) is 2. The number of aromatic amines is 2. The minimum Gasteiger partial charge on any atom is -0.356 e. The van der Waals surface area contributed by atoms with Gasteiger partial charge in [-0.1, -0.05) is 25.7 Å². The molecule has 2 heterocycles. The van der Waals surface area contributed by atoms with Gasteiger partial charge in [0.1, 0.15) is 5.69 Å². The van der Waals surface area contributed by atoms with Gasteiger partial charge in [-0.25, -0.2) is 0 Å². The number of amides is 1. The Bertz CT molecular complexity index is 611. The molecule has 0 atom stereocenters. The van der Waals surface area contributed by atoms with Crippen LogP contribution in [0.3, 0.4) is 0 Å². The number of hydrogen-bond donors (Lipinski definition) is 3. The zero-order valence-electron chi connectivity index (χ0n) is 11.8. The molecule has 3 N–H and O–H groups in total. The zero-order valence-corrected chi connectivity index (χ0v) is 13.4. The fourth-order valence-corrected chi connectivity index (χ4v) is 3.23. The summed E-state index contributed by atoms with van der Waals surface area (Å²) in [7, 11) is 0. The number of carbonyl (C=O) groups is 1. The molecule has 1 amide bonds. The largest absolute Gasteiger partial charge is 0.356 e. The first-order valence-corrected chi connectivity index (χ1v) is 8.22. The highest BCUT2D eigenvalue weighted by Gasteiger charge is 2.17. The smallest absolute Gasteiger partial charge is 0.273 e. The van der Waals surface area contributed by atoms with E-state index < -0.39 is 0 Å². The molecule has 2 aromatic rings. The van der Waals surface area contributed by atoms with Crippen LogP contribution in [-0.2, 0) is 0 Å². The molecule has 112 valence electrons. The van der Waals surface area contributed by atoms with Gasteiger partial charge in [-0.3, -0.25) is 9.89 Å². The number of nitrogens with zero attached hydrogens (tertiary/aromatic N) is 1. The second-order valence-electron chi connectivity index (χ2n) is 5.58. The van der Waals surface area contributed by atoms with Gasteiger partial charge in [0.2, 0.25) is 0 Å². The molecule has 0 radical (unpaired) electrons. The van der Waals surface area contributed by atoms with E-state index in [1.54, 1.807) is 12.3 Å². The van der Waals surface area contributed by atoms with Crippen molar-refractivity contribution in [1.29, 1.82) is 0 Å².